The van der Waals surface area contributed by atoms with Crippen LogP contribution in [0, 0.1) is 0 Å². The Balaban J connectivity index is 2.52. The first-order valence-corrected chi connectivity index (χ1v) is 7.66. The van der Waals surface area contributed by atoms with Crippen LogP contribution in [-0.2, 0) is 10.8 Å². The molecular formula is C19H26N2O. The summed E-state index contributed by atoms with van der Waals surface area (Å²) in [5.74, 6) is 0.217. The van der Waals surface area contributed by atoms with E-state index >= 15 is 0 Å². The number of benzene rings is 1. The molecule has 2 aromatic rings. The van der Waals surface area contributed by atoms with Crippen LogP contribution in [0.5, 0.6) is 0 Å². The fraction of sp³-hybridized carbons (Fsp3) is 0.421. The van der Waals surface area contributed by atoms with Gasteiger partial charge in [0.05, 0.1) is 11.9 Å². The second-order valence-corrected chi connectivity index (χ2v) is 7.74. The first kappa shape index (κ1) is 16.3. The molecule has 3 heteroatoms. The lowest BCUT2D eigenvalue weighted by atomic mass is 9.88. The van der Waals surface area contributed by atoms with Crippen molar-refractivity contribution in [2.45, 2.75) is 52.4 Å². The highest BCUT2D eigenvalue weighted by Gasteiger charge is 2.25. The van der Waals surface area contributed by atoms with E-state index < -0.39 is 0 Å². The first-order valence-electron chi connectivity index (χ1n) is 7.66. The Kier molecular flexibility index (Phi) is 4.19. The van der Waals surface area contributed by atoms with E-state index in [-0.39, 0.29) is 16.6 Å². The van der Waals surface area contributed by atoms with E-state index in [1.165, 1.54) is 0 Å². The normalized spacial score (nSPS) is 13.5. The van der Waals surface area contributed by atoms with Crippen molar-refractivity contribution >= 4 is 12.0 Å². The molecule has 0 aliphatic rings. The molecule has 0 aliphatic carbocycles. The molecule has 0 fully saturated rings. The van der Waals surface area contributed by atoms with Crippen LogP contribution >= 0.6 is 0 Å². The zero-order valence-corrected chi connectivity index (χ0v) is 14.4. The van der Waals surface area contributed by atoms with Gasteiger partial charge in [0.15, 0.2) is 0 Å². The fourth-order valence-corrected chi connectivity index (χ4v) is 2.22. The van der Waals surface area contributed by atoms with E-state index in [2.05, 4.69) is 47.6 Å². The summed E-state index contributed by atoms with van der Waals surface area (Å²) in [6.07, 6.45) is 1.70. The summed E-state index contributed by atoms with van der Waals surface area (Å²) in [4.78, 5) is 0. The van der Waals surface area contributed by atoms with Gasteiger partial charge in [-0.2, -0.15) is 5.10 Å². The van der Waals surface area contributed by atoms with E-state index in [1.54, 1.807) is 6.20 Å². The number of aromatic nitrogens is 2. The van der Waals surface area contributed by atoms with Crippen molar-refractivity contribution in [2.24, 2.45) is 0 Å². The van der Waals surface area contributed by atoms with Gasteiger partial charge in [0, 0.05) is 22.1 Å². The minimum absolute atomic E-state index is 0.0263. The van der Waals surface area contributed by atoms with Crippen LogP contribution in [0.3, 0.4) is 0 Å². The molecule has 118 valence electrons. The molecular weight excluding hydrogens is 272 g/mol. The Morgan fingerprint density at radius 2 is 1.59 bits per heavy atom. The zero-order valence-electron chi connectivity index (χ0n) is 14.4. The number of hydrogen-bond acceptors (Lipinski definition) is 2. The van der Waals surface area contributed by atoms with Crippen LogP contribution in [0.4, 0.5) is 0 Å². The average molecular weight is 298 g/mol. The van der Waals surface area contributed by atoms with Crippen LogP contribution in [0.25, 0.3) is 12.0 Å². The van der Waals surface area contributed by atoms with E-state index in [0.29, 0.717) is 0 Å². The van der Waals surface area contributed by atoms with Crippen LogP contribution in [0.1, 0.15) is 58.5 Å². The molecule has 0 spiro atoms. The molecule has 3 nitrogen and oxygen atoms in total. The molecule has 0 bridgehead atoms. The third-order valence-electron chi connectivity index (χ3n) is 3.59. The van der Waals surface area contributed by atoms with Crippen molar-refractivity contribution in [3.05, 3.63) is 53.3 Å². The molecule has 1 N–H and O–H groups in total. The number of hydrogen-bond donors (Lipinski definition) is 1. The maximum Gasteiger partial charge on any atom is 0.141 e. The molecule has 0 aliphatic heterocycles. The number of aliphatic hydroxyl groups is 1. The summed E-state index contributed by atoms with van der Waals surface area (Å²) >= 11 is 0. The number of aliphatic hydroxyl groups excluding tert-OH is 1. The maximum absolute atomic E-state index is 10.4. The lowest BCUT2D eigenvalue weighted by Crippen LogP contribution is -2.16. The third-order valence-corrected chi connectivity index (χ3v) is 3.59. The van der Waals surface area contributed by atoms with Gasteiger partial charge in [0.25, 0.3) is 0 Å². The minimum atomic E-state index is -0.0516. The monoisotopic (exact) mass is 298 g/mol. The molecule has 22 heavy (non-hydrogen) atoms. The lowest BCUT2D eigenvalue weighted by Gasteiger charge is -2.18. The predicted octanol–water partition coefficient (Wildman–Crippen LogP) is 4.99. The maximum atomic E-state index is 10.4. The molecule has 0 amide bonds. The van der Waals surface area contributed by atoms with E-state index in [9.17, 15) is 5.11 Å². The van der Waals surface area contributed by atoms with Crippen LogP contribution in [0.15, 0.2) is 36.4 Å². The van der Waals surface area contributed by atoms with Crippen molar-refractivity contribution < 1.29 is 5.11 Å². The molecule has 0 radical (unpaired) electrons. The summed E-state index contributed by atoms with van der Waals surface area (Å²) in [7, 11) is 0. The SMILES string of the molecule is CC(C)(C)c1cc(C(C)(C)C)n(/C=C(\O)c2ccccc2)n1. The summed E-state index contributed by atoms with van der Waals surface area (Å²) in [6.45, 7) is 12.9. The molecule has 1 aromatic carbocycles. The Bertz CT molecular complexity index is 668. The van der Waals surface area contributed by atoms with E-state index in [0.717, 1.165) is 17.0 Å². The highest BCUT2D eigenvalue weighted by atomic mass is 16.3. The minimum Gasteiger partial charge on any atom is -0.506 e. The second kappa shape index (κ2) is 5.64. The largest absolute Gasteiger partial charge is 0.506 e. The lowest BCUT2D eigenvalue weighted by molar-refractivity contribution is 0.507. The van der Waals surface area contributed by atoms with Gasteiger partial charge in [-0.1, -0.05) is 71.9 Å². The zero-order chi connectivity index (χ0) is 16.5. The van der Waals surface area contributed by atoms with Gasteiger partial charge in [0.2, 0.25) is 0 Å². The molecule has 2 rings (SSSR count). The predicted molar refractivity (Wildman–Crippen MR) is 92.9 cm³/mol. The molecule has 1 heterocycles. The quantitative estimate of drug-likeness (QED) is 0.793. The molecule has 1 aromatic heterocycles. The Morgan fingerprint density at radius 1 is 1.00 bits per heavy atom. The summed E-state index contributed by atoms with van der Waals surface area (Å²) in [5.41, 5.74) is 2.82. The topological polar surface area (TPSA) is 38.0 Å². The summed E-state index contributed by atoms with van der Waals surface area (Å²) < 4.78 is 1.81. The van der Waals surface area contributed by atoms with E-state index in [4.69, 9.17) is 5.10 Å². The number of rotatable bonds is 2. The van der Waals surface area contributed by atoms with Crippen molar-refractivity contribution in [3.63, 3.8) is 0 Å². The molecule has 0 unspecified atom stereocenters. The Morgan fingerprint density at radius 3 is 2.09 bits per heavy atom. The van der Waals surface area contributed by atoms with E-state index in [1.807, 2.05) is 35.0 Å². The average Bonchev–Trinajstić information content (AvgIpc) is 2.83. The van der Waals surface area contributed by atoms with Gasteiger partial charge in [-0.25, -0.2) is 4.68 Å². The Labute approximate surface area is 133 Å². The van der Waals surface area contributed by atoms with Crippen LogP contribution in [-0.4, -0.2) is 14.9 Å². The van der Waals surface area contributed by atoms with Crippen LogP contribution < -0.4 is 0 Å². The summed E-state index contributed by atoms with van der Waals surface area (Å²) in [5, 5.41) is 15.1. The smallest absolute Gasteiger partial charge is 0.141 e. The van der Waals surface area contributed by atoms with Gasteiger partial charge in [-0.3, -0.25) is 0 Å². The first-order chi connectivity index (χ1) is 10.1. The van der Waals surface area contributed by atoms with Crippen molar-refractivity contribution in [1.82, 2.24) is 9.78 Å². The fourth-order valence-electron chi connectivity index (χ4n) is 2.22. The van der Waals surface area contributed by atoms with Crippen molar-refractivity contribution in [1.29, 1.82) is 0 Å². The highest BCUT2D eigenvalue weighted by molar-refractivity contribution is 5.69. The molecule has 0 saturated carbocycles. The van der Waals surface area contributed by atoms with Crippen LogP contribution in [0.2, 0.25) is 0 Å². The van der Waals surface area contributed by atoms with Crippen molar-refractivity contribution in [2.75, 3.05) is 0 Å². The second-order valence-electron chi connectivity index (χ2n) is 7.74. The van der Waals surface area contributed by atoms with Gasteiger partial charge in [-0.15, -0.1) is 0 Å². The highest BCUT2D eigenvalue weighted by Crippen LogP contribution is 2.29. The third kappa shape index (κ3) is 3.59. The van der Waals surface area contributed by atoms with Crippen molar-refractivity contribution in [3.8, 4) is 0 Å². The van der Waals surface area contributed by atoms with Gasteiger partial charge in [0.1, 0.15) is 5.76 Å². The van der Waals surface area contributed by atoms with Gasteiger partial charge >= 0.3 is 0 Å². The molecule has 0 atom stereocenters. The van der Waals surface area contributed by atoms with Gasteiger partial charge in [-0.05, 0) is 6.07 Å². The number of nitrogens with zero attached hydrogens (tertiary/aromatic N) is 2. The Hall–Kier alpha value is -2.03. The molecule has 0 saturated heterocycles. The van der Waals surface area contributed by atoms with Gasteiger partial charge < -0.3 is 5.11 Å². The standard InChI is InChI=1S/C19H26N2O/c1-18(2,3)16-12-17(19(4,5)6)21(20-16)13-15(22)14-10-8-7-9-11-14/h7-13,22H,1-6H3/b15-13-. The summed E-state index contributed by atoms with van der Waals surface area (Å²) in [6, 6.07) is 11.7.